The topological polar surface area (TPSA) is 54.4 Å². The predicted molar refractivity (Wildman–Crippen MR) is 79.8 cm³/mol. The molecule has 0 fully saturated rings. The Balaban J connectivity index is 2.27. The minimum absolute atomic E-state index is 0.0676. The molecule has 0 spiro atoms. The van der Waals surface area contributed by atoms with Gasteiger partial charge in [-0.1, -0.05) is 38.9 Å². The monoisotopic (exact) mass is 294 g/mol. The highest BCUT2D eigenvalue weighted by molar-refractivity contribution is 7.85. The van der Waals surface area contributed by atoms with Crippen molar-refractivity contribution < 1.29 is 13.0 Å². The Bertz CT molecular complexity index is 691. The number of hydrogen-bond donors (Lipinski definition) is 1. The molecule has 19 heavy (non-hydrogen) atoms. The molecule has 0 amide bonds. The second-order valence-corrected chi connectivity index (χ2v) is 7.16. The molecule has 1 atom stereocenters. The van der Waals surface area contributed by atoms with Crippen molar-refractivity contribution >= 4 is 29.3 Å². The van der Waals surface area contributed by atoms with Crippen LogP contribution in [0.15, 0.2) is 47.4 Å². The van der Waals surface area contributed by atoms with Gasteiger partial charge >= 0.3 is 0 Å². The molecule has 0 saturated heterocycles. The van der Waals surface area contributed by atoms with Crippen LogP contribution in [0.4, 0.5) is 0 Å². The highest BCUT2D eigenvalue weighted by Gasteiger charge is 2.09. The summed E-state index contributed by atoms with van der Waals surface area (Å²) in [5.74, 6) is 0. The van der Waals surface area contributed by atoms with Gasteiger partial charge in [-0.15, -0.1) is 0 Å². The Morgan fingerprint density at radius 3 is 2.21 bits per heavy atom. The number of benzene rings is 2. The smallest absolute Gasteiger partial charge is 0.282 e. The Morgan fingerprint density at radius 2 is 1.63 bits per heavy atom. The van der Waals surface area contributed by atoms with Crippen LogP contribution in [0.5, 0.6) is 0 Å². The third-order valence-electron chi connectivity index (χ3n) is 3.04. The summed E-state index contributed by atoms with van der Waals surface area (Å²) in [7, 11) is -3.63. The van der Waals surface area contributed by atoms with Crippen LogP contribution < -0.4 is 10.6 Å². The lowest BCUT2D eigenvalue weighted by Crippen LogP contribution is -2.08. The van der Waals surface area contributed by atoms with Crippen LogP contribution in [0.2, 0.25) is 0 Å². The molecule has 0 aliphatic heterocycles. The standard InChI is InChI=1S/C14H15O3PS/c1-10-4-3-5-14(11(10)2)18-12-6-8-13(9-7-12)19(15,16)17/h3-9,18H,1-2H3,(H,15,16,17). The summed E-state index contributed by atoms with van der Waals surface area (Å²) in [5.41, 5.74) is 2.51. The summed E-state index contributed by atoms with van der Waals surface area (Å²) in [6, 6.07) is 12.5. The first-order chi connectivity index (χ1) is 8.88. The fraction of sp³-hybridized carbons (Fsp3) is 0.143. The van der Waals surface area contributed by atoms with Crippen molar-refractivity contribution in [3.63, 3.8) is 0 Å². The van der Waals surface area contributed by atoms with Gasteiger partial charge in [-0.25, -0.2) is 0 Å². The van der Waals surface area contributed by atoms with Gasteiger partial charge in [0.2, 0.25) is 0 Å². The molecule has 0 aliphatic rings. The summed E-state index contributed by atoms with van der Waals surface area (Å²) in [4.78, 5) is -0.0676. The van der Waals surface area contributed by atoms with Crippen LogP contribution in [0.25, 0.3) is 0 Å². The summed E-state index contributed by atoms with van der Waals surface area (Å²) < 4.78 is 30.8. The largest absolute Gasteiger partial charge is 0.294 e. The molecule has 0 heterocycles. The Kier molecular flexibility index (Phi) is 4.04. The van der Waals surface area contributed by atoms with Crippen LogP contribution in [0.1, 0.15) is 11.1 Å². The second kappa shape index (κ2) is 5.41. The molecule has 0 bridgehead atoms. The van der Waals surface area contributed by atoms with Gasteiger partial charge < -0.3 is 0 Å². The van der Waals surface area contributed by atoms with Crippen molar-refractivity contribution in [2.75, 3.05) is 0 Å². The van der Waals surface area contributed by atoms with Gasteiger partial charge in [0.25, 0.3) is 10.1 Å². The molecule has 0 aromatic heterocycles. The van der Waals surface area contributed by atoms with Gasteiger partial charge in [0, 0.05) is 0 Å². The van der Waals surface area contributed by atoms with Gasteiger partial charge in [0.15, 0.2) is 0 Å². The van der Waals surface area contributed by atoms with Gasteiger partial charge in [0.1, 0.15) is 0 Å². The molecule has 0 aliphatic carbocycles. The molecule has 0 saturated carbocycles. The molecular formula is C14H15O3PS. The quantitative estimate of drug-likeness (QED) is 0.697. The van der Waals surface area contributed by atoms with Crippen molar-refractivity contribution in [3.8, 4) is 0 Å². The van der Waals surface area contributed by atoms with Crippen molar-refractivity contribution in [1.29, 1.82) is 0 Å². The normalized spacial score (nSPS) is 12.2. The number of hydrogen-bond acceptors (Lipinski definition) is 2. The molecule has 3 nitrogen and oxygen atoms in total. The van der Waals surface area contributed by atoms with Crippen molar-refractivity contribution in [3.05, 3.63) is 53.6 Å². The van der Waals surface area contributed by atoms with E-state index in [1.807, 2.05) is 6.07 Å². The summed E-state index contributed by atoms with van der Waals surface area (Å²) in [6.45, 7) is 4.16. The van der Waals surface area contributed by atoms with Crippen molar-refractivity contribution in [2.24, 2.45) is 0 Å². The fourth-order valence-corrected chi connectivity index (χ4v) is 3.44. The van der Waals surface area contributed by atoms with E-state index >= 15 is 0 Å². The first kappa shape index (κ1) is 14.2. The van der Waals surface area contributed by atoms with Crippen LogP contribution in [-0.4, -0.2) is 13.0 Å². The molecular weight excluding hydrogens is 279 g/mol. The van der Waals surface area contributed by atoms with Gasteiger partial charge in [-0.2, -0.15) is 8.42 Å². The lowest BCUT2D eigenvalue weighted by Gasteiger charge is -2.09. The Hall–Kier alpha value is -1.22. The molecule has 5 heteroatoms. The number of rotatable bonds is 3. The SMILES string of the molecule is Cc1cccc(Pc2ccc(S(=O)(=O)O)cc2)c1C. The summed E-state index contributed by atoms with van der Waals surface area (Å²) in [6.07, 6.45) is 0. The van der Waals surface area contributed by atoms with Crippen LogP contribution in [0.3, 0.4) is 0 Å². The van der Waals surface area contributed by atoms with E-state index in [0.29, 0.717) is 8.58 Å². The van der Waals surface area contributed by atoms with Crippen molar-refractivity contribution in [1.82, 2.24) is 0 Å². The zero-order valence-corrected chi connectivity index (χ0v) is 12.5. The highest BCUT2D eigenvalue weighted by Crippen LogP contribution is 2.17. The van der Waals surface area contributed by atoms with E-state index < -0.39 is 10.1 Å². The van der Waals surface area contributed by atoms with E-state index in [1.54, 1.807) is 12.1 Å². The maximum Gasteiger partial charge on any atom is 0.294 e. The highest BCUT2D eigenvalue weighted by atomic mass is 32.2. The van der Waals surface area contributed by atoms with E-state index in [-0.39, 0.29) is 4.90 Å². The Morgan fingerprint density at radius 1 is 1.00 bits per heavy atom. The molecule has 2 aromatic carbocycles. The van der Waals surface area contributed by atoms with Crippen LogP contribution >= 0.6 is 8.58 Å². The van der Waals surface area contributed by atoms with E-state index in [1.165, 1.54) is 28.6 Å². The average Bonchev–Trinajstić information content (AvgIpc) is 2.35. The maximum atomic E-state index is 11.0. The lowest BCUT2D eigenvalue weighted by molar-refractivity contribution is 0.483. The van der Waals surface area contributed by atoms with E-state index in [9.17, 15) is 8.42 Å². The summed E-state index contributed by atoms with van der Waals surface area (Å²) in [5, 5.41) is 2.29. The average molecular weight is 294 g/mol. The fourth-order valence-electron chi connectivity index (χ4n) is 1.75. The summed E-state index contributed by atoms with van der Waals surface area (Å²) >= 11 is 0. The first-order valence-corrected chi connectivity index (χ1v) is 8.23. The molecule has 2 aromatic rings. The molecule has 2 rings (SSSR count). The zero-order valence-electron chi connectivity index (χ0n) is 10.7. The molecule has 1 unspecified atom stereocenters. The van der Waals surface area contributed by atoms with Gasteiger partial charge in [-0.3, -0.25) is 4.55 Å². The molecule has 0 radical (unpaired) electrons. The van der Waals surface area contributed by atoms with Crippen LogP contribution in [-0.2, 0) is 10.1 Å². The third kappa shape index (κ3) is 3.41. The molecule has 1 N–H and O–H groups in total. The second-order valence-electron chi connectivity index (χ2n) is 4.37. The van der Waals surface area contributed by atoms with Gasteiger partial charge in [-0.05, 0) is 47.7 Å². The molecule has 100 valence electrons. The van der Waals surface area contributed by atoms with Crippen LogP contribution in [0, 0.1) is 13.8 Å². The lowest BCUT2D eigenvalue weighted by atomic mass is 10.1. The number of aryl methyl sites for hydroxylation is 1. The third-order valence-corrected chi connectivity index (χ3v) is 5.34. The minimum atomic E-state index is -4.10. The predicted octanol–water partition coefficient (Wildman–Crippen LogP) is 2.18. The minimum Gasteiger partial charge on any atom is -0.282 e. The van der Waals surface area contributed by atoms with E-state index in [2.05, 4.69) is 26.0 Å². The first-order valence-electron chi connectivity index (χ1n) is 5.79. The zero-order chi connectivity index (χ0) is 14.0. The van der Waals surface area contributed by atoms with E-state index in [0.717, 1.165) is 5.30 Å². The van der Waals surface area contributed by atoms with E-state index in [4.69, 9.17) is 4.55 Å². The van der Waals surface area contributed by atoms with Gasteiger partial charge in [0.05, 0.1) is 4.90 Å². The van der Waals surface area contributed by atoms with Crippen molar-refractivity contribution in [2.45, 2.75) is 18.7 Å². The Labute approximate surface area is 115 Å². The maximum absolute atomic E-state index is 11.0.